The Balaban J connectivity index is 1.87. The van der Waals surface area contributed by atoms with Crippen molar-refractivity contribution in [1.82, 2.24) is 13.4 Å². The molecule has 0 radical (unpaired) electrons. The first kappa shape index (κ1) is 21.3. The van der Waals surface area contributed by atoms with Crippen molar-refractivity contribution in [2.75, 3.05) is 0 Å². The van der Waals surface area contributed by atoms with Gasteiger partial charge in [-0.2, -0.15) is 4.31 Å². The average Bonchev–Trinajstić information content (AvgIpc) is 3.44. The Morgan fingerprint density at radius 2 is 1.23 bits per heavy atom. The maximum atomic E-state index is 13.9. The first-order valence-electron chi connectivity index (χ1n) is 10.1. The van der Waals surface area contributed by atoms with Gasteiger partial charge in [0.25, 0.3) is 0 Å². The number of aromatic nitrogens is 2. The van der Waals surface area contributed by atoms with Gasteiger partial charge in [0.1, 0.15) is 0 Å². The van der Waals surface area contributed by atoms with Gasteiger partial charge in [-0.25, -0.2) is 8.42 Å². The summed E-state index contributed by atoms with van der Waals surface area (Å²) in [5, 5.41) is 0. The predicted octanol–water partition coefficient (Wildman–Crippen LogP) is 3.56. The Morgan fingerprint density at radius 3 is 1.61 bits per heavy atom. The van der Waals surface area contributed by atoms with Crippen LogP contribution in [0.2, 0.25) is 0 Å². The lowest BCUT2D eigenvalue weighted by molar-refractivity contribution is 0.110. The molecule has 162 valence electrons. The van der Waals surface area contributed by atoms with Crippen molar-refractivity contribution in [3.63, 3.8) is 0 Å². The van der Waals surface area contributed by atoms with Gasteiger partial charge >= 0.3 is 0 Å². The van der Waals surface area contributed by atoms with Crippen molar-refractivity contribution in [1.29, 1.82) is 0 Å². The largest absolute Gasteiger partial charge is 0.344 e. The van der Waals surface area contributed by atoms with Crippen LogP contribution < -0.4 is 0 Å². The van der Waals surface area contributed by atoms with Gasteiger partial charge in [0.15, 0.2) is 12.6 Å². The first-order valence-corrected chi connectivity index (χ1v) is 11.6. The Bertz CT molecular complexity index is 1180. The molecular formula is C23H25N3O4S. The Labute approximate surface area is 182 Å². The Morgan fingerprint density at radius 1 is 0.774 bits per heavy atom. The van der Waals surface area contributed by atoms with E-state index >= 15 is 0 Å². The summed E-state index contributed by atoms with van der Waals surface area (Å²) >= 11 is 0. The molecule has 31 heavy (non-hydrogen) atoms. The fourth-order valence-corrected chi connectivity index (χ4v) is 6.32. The molecule has 1 aliphatic heterocycles. The van der Waals surface area contributed by atoms with Gasteiger partial charge in [0.05, 0.1) is 28.4 Å². The molecule has 0 saturated carbocycles. The highest BCUT2D eigenvalue weighted by Crippen LogP contribution is 2.47. The SMILES string of the molecule is Cc1ccc(S(=O)(=O)N2[C@@H](c3ccc(C=O)n3C)CC[C@H]2c2ccc(C=O)n2C)cc1. The second-order valence-electron chi connectivity index (χ2n) is 7.98. The number of carbonyl (C=O) groups is 2. The quantitative estimate of drug-likeness (QED) is 0.550. The van der Waals surface area contributed by atoms with E-state index < -0.39 is 22.1 Å². The van der Waals surface area contributed by atoms with Crippen molar-refractivity contribution >= 4 is 22.6 Å². The maximum absolute atomic E-state index is 13.9. The van der Waals surface area contributed by atoms with Crippen LogP contribution in [0.1, 0.15) is 62.9 Å². The number of aldehydes is 2. The number of aryl methyl sites for hydroxylation is 1. The standard InChI is InChI=1S/C23H25N3O4S/c1-16-4-8-19(9-5-16)31(29,30)26-22(20-10-6-17(14-27)24(20)2)12-13-23(26)21-11-7-18(15-28)25(21)3/h4-11,14-15,22-23H,12-13H2,1-3H3/t22-,23+. The maximum Gasteiger partial charge on any atom is 0.244 e. The monoisotopic (exact) mass is 439 g/mol. The molecule has 1 fully saturated rings. The summed E-state index contributed by atoms with van der Waals surface area (Å²) in [6, 6.07) is 13.0. The summed E-state index contributed by atoms with van der Waals surface area (Å²) in [5.74, 6) is 0. The van der Waals surface area contributed by atoms with E-state index in [2.05, 4.69) is 0 Å². The van der Waals surface area contributed by atoms with Gasteiger partial charge in [-0.15, -0.1) is 0 Å². The van der Waals surface area contributed by atoms with Gasteiger partial charge in [-0.05, 0) is 56.2 Å². The smallest absolute Gasteiger partial charge is 0.244 e. The zero-order valence-corrected chi connectivity index (χ0v) is 18.5. The molecule has 0 amide bonds. The van der Waals surface area contributed by atoms with E-state index in [1.165, 1.54) is 0 Å². The van der Waals surface area contributed by atoms with Crippen molar-refractivity contribution in [2.45, 2.75) is 36.7 Å². The highest BCUT2D eigenvalue weighted by atomic mass is 32.2. The van der Waals surface area contributed by atoms with Gasteiger partial charge < -0.3 is 9.13 Å². The van der Waals surface area contributed by atoms with E-state index in [0.29, 0.717) is 24.2 Å². The predicted molar refractivity (Wildman–Crippen MR) is 117 cm³/mol. The zero-order chi connectivity index (χ0) is 22.3. The van der Waals surface area contributed by atoms with Gasteiger partial charge in [0, 0.05) is 25.5 Å². The summed E-state index contributed by atoms with van der Waals surface area (Å²) in [6.07, 6.45) is 2.74. The number of benzene rings is 1. The first-order chi connectivity index (χ1) is 14.8. The molecule has 8 heteroatoms. The van der Waals surface area contributed by atoms with Gasteiger partial charge in [-0.3, -0.25) is 9.59 Å². The van der Waals surface area contributed by atoms with Crippen molar-refractivity contribution in [2.24, 2.45) is 14.1 Å². The summed E-state index contributed by atoms with van der Waals surface area (Å²) in [5.41, 5.74) is 3.50. The number of carbonyl (C=O) groups excluding carboxylic acids is 2. The highest BCUT2D eigenvalue weighted by Gasteiger charge is 2.45. The van der Waals surface area contributed by atoms with Crippen molar-refractivity contribution < 1.29 is 18.0 Å². The van der Waals surface area contributed by atoms with Crippen LogP contribution in [-0.4, -0.2) is 34.4 Å². The lowest BCUT2D eigenvalue weighted by Crippen LogP contribution is -2.34. The second-order valence-corrected chi connectivity index (χ2v) is 9.82. The zero-order valence-electron chi connectivity index (χ0n) is 17.7. The van der Waals surface area contributed by atoms with Crippen LogP contribution in [0, 0.1) is 6.92 Å². The number of sulfonamides is 1. The van der Waals surface area contributed by atoms with E-state index in [4.69, 9.17) is 0 Å². The minimum atomic E-state index is -3.85. The van der Waals surface area contributed by atoms with Crippen LogP contribution in [0.5, 0.6) is 0 Å². The van der Waals surface area contributed by atoms with Crippen LogP contribution in [0.3, 0.4) is 0 Å². The summed E-state index contributed by atoms with van der Waals surface area (Å²) < 4.78 is 32.8. The molecule has 3 heterocycles. The van der Waals surface area contributed by atoms with Crippen LogP contribution >= 0.6 is 0 Å². The lowest BCUT2D eigenvalue weighted by atomic mass is 10.1. The molecule has 3 aromatic rings. The molecule has 1 saturated heterocycles. The van der Waals surface area contributed by atoms with E-state index in [-0.39, 0.29) is 4.90 Å². The Kier molecular flexibility index (Phi) is 5.45. The molecule has 2 aromatic heterocycles. The Hall–Kier alpha value is -2.97. The fraction of sp³-hybridized carbons (Fsp3) is 0.304. The normalized spacial score (nSPS) is 19.6. The molecule has 0 unspecified atom stereocenters. The highest BCUT2D eigenvalue weighted by molar-refractivity contribution is 7.89. The number of rotatable bonds is 6. The summed E-state index contributed by atoms with van der Waals surface area (Å²) in [4.78, 5) is 23.0. The van der Waals surface area contributed by atoms with Gasteiger partial charge in [0.2, 0.25) is 10.0 Å². The molecule has 1 aromatic carbocycles. The molecular weight excluding hydrogens is 414 g/mol. The number of hydrogen-bond acceptors (Lipinski definition) is 4. The molecule has 1 aliphatic rings. The molecule has 0 bridgehead atoms. The molecule has 0 aliphatic carbocycles. The van der Waals surface area contributed by atoms with Crippen molar-refractivity contribution in [3.05, 3.63) is 76.9 Å². The van der Waals surface area contributed by atoms with Crippen LogP contribution in [0.25, 0.3) is 0 Å². The molecule has 0 spiro atoms. The van der Waals surface area contributed by atoms with Crippen LogP contribution in [-0.2, 0) is 24.1 Å². The summed E-state index contributed by atoms with van der Waals surface area (Å²) in [7, 11) is -0.301. The number of hydrogen-bond donors (Lipinski definition) is 0. The minimum absolute atomic E-state index is 0.227. The third-order valence-electron chi connectivity index (χ3n) is 6.25. The topological polar surface area (TPSA) is 81.4 Å². The fourth-order valence-electron chi connectivity index (χ4n) is 4.50. The van der Waals surface area contributed by atoms with E-state index in [1.807, 2.05) is 19.1 Å². The molecule has 4 rings (SSSR count). The van der Waals surface area contributed by atoms with Crippen molar-refractivity contribution in [3.8, 4) is 0 Å². The average molecular weight is 440 g/mol. The van der Waals surface area contributed by atoms with E-state index in [0.717, 1.165) is 29.5 Å². The minimum Gasteiger partial charge on any atom is -0.344 e. The summed E-state index contributed by atoms with van der Waals surface area (Å²) in [6.45, 7) is 1.91. The molecule has 0 N–H and O–H groups in total. The third-order valence-corrected chi connectivity index (χ3v) is 8.18. The second kappa shape index (κ2) is 7.94. The van der Waals surface area contributed by atoms with E-state index in [1.54, 1.807) is 63.9 Å². The van der Waals surface area contributed by atoms with E-state index in [9.17, 15) is 18.0 Å². The van der Waals surface area contributed by atoms with Crippen LogP contribution in [0.4, 0.5) is 0 Å². The third kappa shape index (κ3) is 3.45. The molecule has 7 nitrogen and oxygen atoms in total. The molecule has 2 atom stereocenters. The lowest BCUT2D eigenvalue weighted by Gasteiger charge is -2.30. The van der Waals surface area contributed by atoms with Gasteiger partial charge in [-0.1, -0.05) is 17.7 Å². The van der Waals surface area contributed by atoms with Crippen LogP contribution in [0.15, 0.2) is 53.4 Å². The number of nitrogens with zero attached hydrogens (tertiary/aromatic N) is 3.